The smallest absolute Gasteiger partial charge is 0.338 e. The molecule has 8 heteroatoms. The molecule has 1 aromatic rings. The topological polar surface area (TPSA) is 107 Å². The minimum Gasteiger partial charge on any atom is -0.462 e. The lowest BCUT2D eigenvalue weighted by molar-refractivity contribution is 0.0496. The first kappa shape index (κ1) is 22.1. The van der Waals surface area contributed by atoms with E-state index in [9.17, 15) is 22.6 Å². The number of ether oxygens (including phenoxy) is 2. The molecule has 0 saturated heterocycles. The third-order valence-corrected chi connectivity index (χ3v) is 4.47. The van der Waals surface area contributed by atoms with Crippen molar-refractivity contribution in [2.45, 2.75) is 57.3 Å². The maximum absolute atomic E-state index is 12.1. The fraction of sp³-hybridized carbons (Fsp3) is 0.556. The quantitative estimate of drug-likeness (QED) is 0.351. The van der Waals surface area contributed by atoms with Crippen molar-refractivity contribution in [1.82, 2.24) is 0 Å². The van der Waals surface area contributed by atoms with Gasteiger partial charge in [-0.15, -0.1) is 0 Å². The molecule has 0 bridgehead atoms. The van der Waals surface area contributed by atoms with E-state index in [1.165, 1.54) is 6.07 Å². The largest absolute Gasteiger partial charge is 0.462 e. The molecule has 0 unspecified atom stereocenters. The van der Waals surface area contributed by atoms with Gasteiger partial charge in [-0.1, -0.05) is 39.5 Å². The third-order valence-electron chi connectivity index (χ3n) is 3.64. The summed E-state index contributed by atoms with van der Waals surface area (Å²) in [4.78, 5) is 23.7. The summed E-state index contributed by atoms with van der Waals surface area (Å²) in [5.74, 6) is -1.52. The summed E-state index contributed by atoms with van der Waals surface area (Å²) in [6.45, 7) is 4.41. The molecule has 1 N–H and O–H groups in total. The Hall–Kier alpha value is -1.93. The number of carbonyl (C=O) groups is 2. The number of esters is 2. The highest BCUT2D eigenvalue weighted by atomic mass is 32.2. The molecule has 0 saturated carbocycles. The van der Waals surface area contributed by atoms with Gasteiger partial charge in [0.2, 0.25) is 0 Å². The summed E-state index contributed by atoms with van der Waals surface area (Å²) in [5, 5.41) is 0. The normalized spacial score (nSPS) is 11.2. The highest BCUT2D eigenvalue weighted by Gasteiger charge is 2.20. The molecule has 0 aliphatic carbocycles. The predicted octanol–water partition coefficient (Wildman–Crippen LogP) is 3.63. The lowest BCUT2D eigenvalue weighted by Gasteiger charge is -2.09. The van der Waals surface area contributed by atoms with Gasteiger partial charge in [-0.05, 0) is 31.0 Å². The molecule has 0 radical (unpaired) electrons. The molecule has 0 heterocycles. The summed E-state index contributed by atoms with van der Waals surface area (Å²) in [6.07, 6.45) is 5.09. The molecular formula is C18H26O7S. The van der Waals surface area contributed by atoms with Crippen LogP contribution in [-0.4, -0.2) is 38.1 Å². The van der Waals surface area contributed by atoms with Crippen molar-refractivity contribution in [2.75, 3.05) is 13.2 Å². The van der Waals surface area contributed by atoms with Crippen molar-refractivity contribution in [1.29, 1.82) is 0 Å². The van der Waals surface area contributed by atoms with E-state index >= 15 is 0 Å². The summed E-state index contributed by atoms with van der Waals surface area (Å²) in [7, 11) is -4.59. The molecular weight excluding hydrogens is 360 g/mol. The summed E-state index contributed by atoms with van der Waals surface area (Å²) in [5.41, 5.74) is -0.255. The SMILES string of the molecule is CCCCCOC(=O)c1cc(C(=O)OCCCCC)cc(S(=O)(=O)O)c1. The molecule has 1 aromatic carbocycles. The lowest BCUT2D eigenvalue weighted by Crippen LogP contribution is -2.13. The number of carbonyl (C=O) groups excluding carboxylic acids is 2. The van der Waals surface area contributed by atoms with Crippen LogP contribution in [0, 0.1) is 0 Å². The van der Waals surface area contributed by atoms with Gasteiger partial charge in [-0.25, -0.2) is 9.59 Å². The van der Waals surface area contributed by atoms with Crippen LogP contribution in [0.5, 0.6) is 0 Å². The van der Waals surface area contributed by atoms with E-state index in [4.69, 9.17) is 9.47 Å². The van der Waals surface area contributed by atoms with Crippen LogP contribution in [0.2, 0.25) is 0 Å². The Kier molecular flexibility index (Phi) is 9.29. The van der Waals surface area contributed by atoms with Crippen LogP contribution in [-0.2, 0) is 19.6 Å². The first-order valence-electron chi connectivity index (χ1n) is 8.76. The zero-order valence-corrected chi connectivity index (χ0v) is 16.0. The van der Waals surface area contributed by atoms with Gasteiger partial charge < -0.3 is 9.47 Å². The molecule has 0 aliphatic heterocycles. The van der Waals surface area contributed by atoms with Gasteiger partial charge >= 0.3 is 11.9 Å². The monoisotopic (exact) mass is 386 g/mol. The minimum atomic E-state index is -4.59. The standard InChI is InChI=1S/C18H26O7S/c1-3-5-7-9-24-17(19)14-11-15(13-16(12-14)26(21,22)23)18(20)25-10-8-6-4-2/h11-13H,3-10H2,1-2H3,(H,21,22,23). The second kappa shape index (κ2) is 10.9. The molecule has 0 spiro atoms. The molecule has 26 heavy (non-hydrogen) atoms. The first-order chi connectivity index (χ1) is 12.3. The highest BCUT2D eigenvalue weighted by Crippen LogP contribution is 2.17. The van der Waals surface area contributed by atoms with E-state index in [-0.39, 0.29) is 24.3 Å². The fourth-order valence-corrected chi connectivity index (χ4v) is 2.74. The molecule has 0 atom stereocenters. The Labute approximate surface area is 154 Å². The Bertz CT molecular complexity index is 668. The van der Waals surface area contributed by atoms with Gasteiger partial charge in [0.15, 0.2) is 0 Å². The Morgan fingerprint density at radius 1 is 0.846 bits per heavy atom. The van der Waals surface area contributed by atoms with Crippen LogP contribution >= 0.6 is 0 Å². The van der Waals surface area contributed by atoms with Crippen molar-refractivity contribution in [3.63, 3.8) is 0 Å². The van der Waals surface area contributed by atoms with Crippen molar-refractivity contribution < 1.29 is 32.0 Å². The van der Waals surface area contributed by atoms with Crippen LogP contribution in [0.1, 0.15) is 73.1 Å². The molecule has 0 aliphatic rings. The van der Waals surface area contributed by atoms with Crippen LogP contribution < -0.4 is 0 Å². The zero-order chi connectivity index (χ0) is 19.6. The molecule has 146 valence electrons. The van der Waals surface area contributed by atoms with Gasteiger partial charge in [-0.2, -0.15) is 8.42 Å². The van der Waals surface area contributed by atoms with E-state index in [0.29, 0.717) is 12.8 Å². The maximum atomic E-state index is 12.1. The van der Waals surface area contributed by atoms with Gasteiger partial charge in [-0.3, -0.25) is 4.55 Å². The Morgan fingerprint density at radius 3 is 1.62 bits per heavy atom. The van der Waals surface area contributed by atoms with Crippen LogP contribution in [0.3, 0.4) is 0 Å². The number of hydrogen-bond donors (Lipinski definition) is 1. The van der Waals surface area contributed by atoms with Crippen LogP contribution in [0.25, 0.3) is 0 Å². The highest BCUT2D eigenvalue weighted by molar-refractivity contribution is 7.85. The van der Waals surface area contributed by atoms with E-state index < -0.39 is 27.0 Å². The van der Waals surface area contributed by atoms with E-state index in [2.05, 4.69) is 0 Å². The molecule has 0 aromatic heterocycles. The number of hydrogen-bond acceptors (Lipinski definition) is 6. The Balaban J connectivity index is 2.96. The van der Waals surface area contributed by atoms with Crippen molar-refractivity contribution >= 4 is 22.1 Å². The van der Waals surface area contributed by atoms with Gasteiger partial charge in [0, 0.05) is 0 Å². The van der Waals surface area contributed by atoms with E-state index in [1.807, 2.05) is 13.8 Å². The van der Waals surface area contributed by atoms with Crippen LogP contribution in [0.15, 0.2) is 23.1 Å². The molecule has 0 fully saturated rings. The van der Waals surface area contributed by atoms with Crippen molar-refractivity contribution in [2.24, 2.45) is 0 Å². The average molecular weight is 386 g/mol. The maximum Gasteiger partial charge on any atom is 0.338 e. The number of unbranched alkanes of at least 4 members (excludes halogenated alkanes) is 4. The third kappa shape index (κ3) is 7.53. The van der Waals surface area contributed by atoms with Crippen molar-refractivity contribution in [3.8, 4) is 0 Å². The Morgan fingerprint density at radius 2 is 1.27 bits per heavy atom. The predicted molar refractivity (Wildman–Crippen MR) is 95.9 cm³/mol. The summed E-state index contributed by atoms with van der Waals surface area (Å²) in [6, 6.07) is 3.16. The van der Waals surface area contributed by atoms with E-state index in [1.54, 1.807) is 0 Å². The number of benzene rings is 1. The second-order valence-corrected chi connectivity index (χ2v) is 7.33. The van der Waals surface area contributed by atoms with Gasteiger partial charge in [0.25, 0.3) is 10.1 Å². The number of rotatable bonds is 11. The van der Waals surface area contributed by atoms with Crippen molar-refractivity contribution in [3.05, 3.63) is 29.3 Å². The molecule has 7 nitrogen and oxygen atoms in total. The van der Waals surface area contributed by atoms with Gasteiger partial charge in [0.05, 0.1) is 29.2 Å². The van der Waals surface area contributed by atoms with Gasteiger partial charge in [0.1, 0.15) is 0 Å². The van der Waals surface area contributed by atoms with E-state index in [0.717, 1.165) is 37.8 Å². The van der Waals surface area contributed by atoms with Crippen LogP contribution in [0.4, 0.5) is 0 Å². The summed E-state index contributed by atoms with van der Waals surface area (Å²) < 4.78 is 42.3. The zero-order valence-electron chi connectivity index (χ0n) is 15.2. The average Bonchev–Trinajstić information content (AvgIpc) is 2.61. The molecule has 1 rings (SSSR count). The second-order valence-electron chi connectivity index (χ2n) is 5.91. The lowest BCUT2D eigenvalue weighted by atomic mass is 10.1. The summed E-state index contributed by atoms with van der Waals surface area (Å²) >= 11 is 0. The fourth-order valence-electron chi connectivity index (χ4n) is 2.18. The minimum absolute atomic E-state index is 0.128. The first-order valence-corrected chi connectivity index (χ1v) is 10.2. The molecule has 0 amide bonds.